The number of halogens is 1. The molecule has 1 aliphatic rings. The molecular weight excluding hydrogens is 403 g/mol. The Morgan fingerprint density at radius 3 is 2.23 bits per heavy atom. The monoisotopic (exact) mass is 432 g/mol. The second-order valence-electron chi connectivity index (χ2n) is 7.92. The first-order valence-corrected chi connectivity index (χ1v) is 12.2. The van der Waals surface area contributed by atoms with Crippen LogP contribution in [0.3, 0.4) is 0 Å². The molecule has 2 aromatic carbocycles. The number of anilines is 1. The molecular formula is C23H29FN2O3S. The van der Waals surface area contributed by atoms with Crippen molar-refractivity contribution in [1.29, 1.82) is 0 Å². The number of piperidine rings is 1. The van der Waals surface area contributed by atoms with Gasteiger partial charge in [-0.1, -0.05) is 37.3 Å². The molecule has 0 spiro atoms. The number of benzene rings is 2. The number of carbonyl (C=O) groups is 1. The van der Waals surface area contributed by atoms with E-state index in [1.807, 2.05) is 18.2 Å². The smallest absolute Gasteiger partial charge is 0.246 e. The van der Waals surface area contributed by atoms with Gasteiger partial charge in [-0.3, -0.25) is 9.10 Å². The maximum absolute atomic E-state index is 13.3. The molecule has 1 heterocycles. The van der Waals surface area contributed by atoms with Crippen LogP contribution in [0.5, 0.6) is 0 Å². The molecule has 0 aromatic heterocycles. The van der Waals surface area contributed by atoms with E-state index in [1.54, 1.807) is 11.8 Å². The number of hydrogen-bond donors (Lipinski definition) is 0. The highest BCUT2D eigenvalue weighted by molar-refractivity contribution is 7.92. The standard InChI is InChI=1S/C23H29FN2O3S/c1-3-22(26(30(2,28)29)21-11-9-20(24)10-12-21)23(27)25-15-13-19(14-16-25)17-18-7-5-4-6-8-18/h4-12,19,22H,3,13-17H2,1-2H3. The van der Waals surface area contributed by atoms with Gasteiger partial charge in [-0.05, 0) is 61.4 Å². The van der Waals surface area contributed by atoms with Crippen LogP contribution in [0.25, 0.3) is 0 Å². The molecule has 162 valence electrons. The van der Waals surface area contributed by atoms with E-state index in [2.05, 4.69) is 12.1 Å². The predicted octanol–water partition coefficient (Wildman–Crippen LogP) is 3.85. The van der Waals surface area contributed by atoms with Crippen LogP contribution in [0.4, 0.5) is 10.1 Å². The van der Waals surface area contributed by atoms with Gasteiger partial charge in [-0.2, -0.15) is 0 Å². The van der Waals surface area contributed by atoms with E-state index in [4.69, 9.17) is 0 Å². The summed E-state index contributed by atoms with van der Waals surface area (Å²) in [7, 11) is -3.71. The first kappa shape index (κ1) is 22.3. The van der Waals surface area contributed by atoms with Gasteiger partial charge in [0.05, 0.1) is 11.9 Å². The average Bonchev–Trinajstić information content (AvgIpc) is 2.73. The average molecular weight is 433 g/mol. The Balaban J connectivity index is 1.71. The highest BCUT2D eigenvalue weighted by Crippen LogP contribution is 2.27. The lowest BCUT2D eigenvalue weighted by Gasteiger charge is -2.37. The summed E-state index contributed by atoms with van der Waals surface area (Å²) in [4.78, 5) is 15.0. The van der Waals surface area contributed by atoms with Gasteiger partial charge < -0.3 is 4.90 Å². The third-order valence-electron chi connectivity index (χ3n) is 5.69. The molecule has 1 aliphatic heterocycles. The van der Waals surface area contributed by atoms with Crippen LogP contribution >= 0.6 is 0 Å². The molecule has 3 rings (SSSR count). The lowest BCUT2D eigenvalue weighted by atomic mass is 9.90. The van der Waals surface area contributed by atoms with Crippen molar-refractivity contribution in [2.75, 3.05) is 23.7 Å². The molecule has 30 heavy (non-hydrogen) atoms. The van der Waals surface area contributed by atoms with Gasteiger partial charge >= 0.3 is 0 Å². The Morgan fingerprint density at radius 2 is 1.70 bits per heavy atom. The van der Waals surface area contributed by atoms with Crippen LogP contribution in [0.15, 0.2) is 54.6 Å². The zero-order valence-corrected chi connectivity index (χ0v) is 18.3. The second kappa shape index (κ2) is 9.60. The summed E-state index contributed by atoms with van der Waals surface area (Å²) in [5.74, 6) is -0.128. The molecule has 2 aromatic rings. The minimum absolute atomic E-state index is 0.189. The van der Waals surface area contributed by atoms with Gasteiger partial charge in [0, 0.05) is 13.1 Å². The Morgan fingerprint density at radius 1 is 1.10 bits per heavy atom. The van der Waals surface area contributed by atoms with E-state index in [-0.39, 0.29) is 5.91 Å². The summed E-state index contributed by atoms with van der Waals surface area (Å²) in [5.41, 5.74) is 1.60. The van der Waals surface area contributed by atoms with Gasteiger partial charge in [0.1, 0.15) is 11.9 Å². The predicted molar refractivity (Wildman–Crippen MR) is 117 cm³/mol. The van der Waals surface area contributed by atoms with Crippen LogP contribution in [-0.4, -0.2) is 44.6 Å². The fourth-order valence-electron chi connectivity index (χ4n) is 4.15. The Labute approximate surface area is 178 Å². The van der Waals surface area contributed by atoms with Crippen LogP contribution < -0.4 is 4.31 Å². The summed E-state index contributed by atoms with van der Waals surface area (Å²) in [6, 6.07) is 14.7. The first-order chi connectivity index (χ1) is 14.3. The molecule has 0 aliphatic carbocycles. The summed E-state index contributed by atoms with van der Waals surface area (Å²) < 4.78 is 39.5. The van der Waals surface area contributed by atoms with Gasteiger partial charge in [0.15, 0.2) is 0 Å². The number of sulfonamides is 1. The number of likely N-dealkylation sites (tertiary alicyclic amines) is 1. The van der Waals surface area contributed by atoms with Gasteiger partial charge in [0.25, 0.3) is 0 Å². The molecule has 1 fully saturated rings. The molecule has 1 unspecified atom stereocenters. The maximum Gasteiger partial charge on any atom is 0.246 e. The van der Waals surface area contributed by atoms with Gasteiger partial charge in [-0.15, -0.1) is 0 Å². The molecule has 1 amide bonds. The number of nitrogens with zero attached hydrogens (tertiary/aromatic N) is 2. The van der Waals surface area contributed by atoms with Gasteiger partial charge in [-0.25, -0.2) is 12.8 Å². The Kier molecular flexibility index (Phi) is 7.13. The topological polar surface area (TPSA) is 57.7 Å². The van der Waals surface area contributed by atoms with Crippen molar-refractivity contribution in [1.82, 2.24) is 4.90 Å². The molecule has 1 saturated heterocycles. The SMILES string of the molecule is CCC(C(=O)N1CCC(Cc2ccccc2)CC1)N(c1ccc(F)cc1)S(C)(=O)=O. The molecule has 7 heteroatoms. The molecule has 5 nitrogen and oxygen atoms in total. The Hall–Kier alpha value is -2.41. The van der Waals surface area contributed by atoms with Crippen LogP contribution in [0.2, 0.25) is 0 Å². The van der Waals surface area contributed by atoms with Crippen molar-refractivity contribution in [3.63, 3.8) is 0 Å². The minimum Gasteiger partial charge on any atom is -0.341 e. The second-order valence-corrected chi connectivity index (χ2v) is 9.78. The van der Waals surface area contributed by atoms with Crippen LogP contribution in [-0.2, 0) is 21.2 Å². The number of carbonyl (C=O) groups excluding carboxylic acids is 1. The van der Waals surface area contributed by atoms with Crippen molar-refractivity contribution in [2.45, 2.75) is 38.6 Å². The van der Waals surface area contributed by atoms with E-state index in [0.717, 1.165) is 29.8 Å². The summed E-state index contributed by atoms with van der Waals surface area (Å²) >= 11 is 0. The summed E-state index contributed by atoms with van der Waals surface area (Å²) in [5, 5.41) is 0. The van der Waals surface area contributed by atoms with Crippen molar-refractivity contribution in [2.24, 2.45) is 5.92 Å². The number of amides is 1. The highest BCUT2D eigenvalue weighted by atomic mass is 32.2. The first-order valence-electron chi connectivity index (χ1n) is 10.4. The summed E-state index contributed by atoms with van der Waals surface area (Å²) in [6.45, 7) is 3.04. The Bertz CT molecular complexity index is 940. The summed E-state index contributed by atoms with van der Waals surface area (Å²) in [6.07, 6.45) is 4.20. The fourth-order valence-corrected chi connectivity index (χ4v) is 5.35. The highest BCUT2D eigenvalue weighted by Gasteiger charge is 2.35. The van der Waals surface area contributed by atoms with Crippen LogP contribution in [0, 0.1) is 11.7 Å². The zero-order chi connectivity index (χ0) is 21.7. The molecule has 0 N–H and O–H groups in total. The molecule has 0 bridgehead atoms. The van der Waals surface area contributed by atoms with Crippen molar-refractivity contribution < 1.29 is 17.6 Å². The van der Waals surface area contributed by atoms with E-state index in [0.29, 0.717) is 31.1 Å². The van der Waals surface area contributed by atoms with E-state index >= 15 is 0 Å². The quantitative estimate of drug-likeness (QED) is 0.668. The molecule has 0 radical (unpaired) electrons. The van der Waals surface area contributed by atoms with Crippen molar-refractivity contribution >= 4 is 21.6 Å². The lowest BCUT2D eigenvalue weighted by Crippen LogP contribution is -2.52. The number of hydrogen-bond acceptors (Lipinski definition) is 3. The van der Waals surface area contributed by atoms with Crippen molar-refractivity contribution in [3.8, 4) is 0 Å². The third kappa shape index (κ3) is 5.39. The third-order valence-corrected chi connectivity index (χ3v) is 6.87. The van der Waals surface area contributed by atoms with E-state index < -0.39 is 21.9 Å². The zero-order valence-electron chi connectivity index (χ0n) is 17.5. The largest absolute Gasteiger partial charge is 0.341 e. The molecule has 0 saturated carbocycles. The minimum atomic E-state index is -3.71. The normalized spacial score (nSPS) is 16.3. The maximum atomic E-state index is 13.3. The van der Waals surface area contributed by atoms with E-state index in [9.17, 15) is 17.6 Å². The molecule has 1 atom stereocenters. The van der Waals surface area contributed by atoms with Gasteiger partial charge in [0.2, 0.25) is 15.9 Å². The number of rotatable bonds is 7. The van der Waals surface area contributed by atoms with E-state index in [1.165, 1.54) is 29.8 Å². The van der Waals surface area contributed by atoms with Crippen LogP contribution in [0.1, 0.15) is 31.7 Å². The van der Waals surface area contributed by atoms with Crippen molar-refractivity contribution in [3.05, 3.63) is 66.0 Å². The lowest BCUT2D eigenvalue weighted by molar-refractivity contribution is -0.133. The fraction of sp³-hybridized carbons (Fsp3) is 0.435.